The maximum Gasteiger partial charge on any atom is 0.312 e. The first-order valence-corrected chi connectivity index (χ1v) is 11.3. The number of para-hydroxylation sites is 1. The summed E-state index contributed by atoms with van der Waals surface area (Å²) in [5.74, 6) is 1.27. The van der Waals surface area contributed by atoms with Crippen molar-refractivity contribution in [2.45, 2.75) is 31.3 Å². The molecule has 1 heterocycles. The van der Waals surface area contributed by atoms with Crippen LogP contribution in [0, 0.1) is 0 Å². The van der Waals surface area contributed by atoms with E-state index in [2.05, 4.69) is 5.32 Å². The summed E-state index contributed by atoms with van der Waals surface area (Å²) < 4.78 is 5.91. The molecule has 3 aromatic rings. The van der Waals surface area contributed by atoms with Crippen molar-refractivity contribution in [3.05, 3.63) is 95.0 Å². The van der Waals surface area contributed by atoms with Gasteiger partial charge >= 0.3 is 6.03 Å². The molecule has 1 saturated heterocycles. The van der Waals surface area contributed by atoms with Crippen molar-refractivity contribution >= 4 is 23.5 Å². The topological polar surface area (TPSA) is 84.7 Å². The van der Waals surface area contributed by atoms with Gasteiger partial charge in [0.1, 0.15) is 11.5 Å². The fourth-order valence-electron chi connectivity index (χ4n) is 4.23. The second-order valence-electron chi connectivity index (χ2n) is 8.05. The van der Waals surface area contributed by atoms with Crippen LogP contribution in [0.5, 0.6) is 11.5 Å². The molecule has 6 nitrogen and oxygen atoms in total. The number of amides is 3. The number of halogens is 1. The highest BCUT2D eigenvalue weighted by Crippen LogP contribution is 2.34. The quantitative estimate of drug-likeness (QED) is 0.478. The number of nitrogens with zero attached hydrogens (tertiary/aromatic N) is 1. The van der Waals surface area contributed by atoms with E-state index >= 15 is 0 Å². The summed E-state index contributed by atoms with van der Waals surface area (Å²) in [6.07, 6.45) is 1.91. The van der Waals surface area contributed by atoms with Crippen LogP contribution in [0.3, 0.4) is 0 Å². The summed E-state index contributed by atoms with van der Waals surface area (Å²) in [5, 5.41) is 3.39. The first-order chi connectivity index (χ1) is 16.0. The van der Waals surface area contributed by atoms with Crippen LogP contribution in [-0.2, 0) is 4.79 Å². The molecule has 0 aromatic heterocycles. The number of ether oxygens (including phenoxy) is 1. The van der Waals surface area contributed by atoms with Gasteiger partial charge in [-0.1, -0.05) is 54.1 Å². The van der Waals surface area contributed by atoms with Gasteiger partial charge in [-0.2, -0.15) is 0 Å². The SMILES string of the molecule is NC(=O)NC(CC(=O)N1CCCC1c1ccc(Cl)cc1)c1cccc(Oc2ccccc2)c1. The van der Waals surface area contributed by atoms with Crippen LogP contribution in [0.1, 0.15) is 42.5 Å². The Morgan fingerprint density at radius 2 is 1.76 bits per heavy atom. The predicted molar refractivity (Wildman–Crippen MR) is 128 cm³/mol. The first-order valence-electron chi connectivity index (χ1n) is 10.9. The van der Waals surface area contributed by atoms with E-state index in [0.29, 0.717) is 23.1 Å². The zero-order valence-corrected chi connectivity index (χ0v) is 18.9. The molecule has 33 heavy (non-hydrogen) atoms. The van der Waals surface area contributed by atoms with Crippen molar-refractivity contribution in [3.8, 4) is 11.5 Å². The van der Waals surface area contributed by atoms with E-state index in [1.54, 1.807) is 0 Å². The Kier molecular flexibility index (Phi) is 7.15. The molecule has 7 heteroatoms. The Bertz CT molecular complexity index is 1110. The second-order valence-corrected chi connectivity index (χ2v) is 8.49. The highest BCUT2D eigenvalue weighted by Gasteiger charge is 2.31. The fourth-order valence-corrected chi connectivity index (χ4v) is 4.36. The molecule has 2 unspecified atom stereocenters. The lowest BCUT2D eigenvalue weighted by Gasteiger charge is -2.27. The van der Waals surface area contributed by atoms with Crippen LogP contribution in [0.15, 0.2) is 78.9 Å². The zero-order chi connectivity index (χ0) is 23.2. The van der Waals surface area contributed by atoms with E-state index in [0.717, 1.165) is 24.0 Å². The van der Waals surface area contributed by atoms with Crippen LogP contribution in [0.2, 0.25) is 5.02 Å². The molecule has 1 aliphatic heterocycles. The molecule has 1 aliphatic rings. The minimum Gasteiger partial charge on any atom is -0.457 e. The van der Waals surface area contributed by atoms with Crippen molar-refractivity contribution < 1.29 is 14.3 Å². The molecule has 0 bridgehead atoms. The lowest BCUT2D eigenvalue weighted by molar-refractivity contribution is -0.132. The minimum atomic E-state index is -0.683. The van der Waals surface area contributed by atoms with Gasteiger partial charge < -0.3 is 20.7 Å². The third kappa shape index (κ3) is 5.84. The Labute approximate surface area is 198 Å². The van der Waals surface area contributed by atoms with Crippen molar-refractivity contribution in [1.29, 1.82) is 0 Å². The Hall–Kier alpha value is -3.51. The van der Waals surface area contributed by atoms with Crippen molar-refractivity contribution in [2.75, 3.05) is 6.54 Å². The highest BCUT2D eigenvalue weighted by atomic mass is 35.5. The summed E-state index contributed by atoms with van der Waals surface area (Å²) in [5.41, 5.74) is 7.24. The van der Waals surface area contributed by atoms with Crippen LogP contribution in [0.4, 0.5) is 4.79 Å². The third-order valence-electron chi connectivity index (χ3n) is 5.76. The third-order valence-corrected chi connectivity index (χ3v) is 6.01. The molecule has 0 radical (unpaired) electrons. The Morgan fingerprint density at radius 1 is 1.03 bits per heavy atom. The van der Waals surface area contributed by atoms with Crippen LogP contribution >= 0.6 is 11.6 Å². The maximum absolute atomic E-state index is 13.3. The van der Waals surface area contributed by atoms with E-state index in [4.69, 9.17) is 22.1 Å². The Balaban J connectivity index is 1.52. The van der Waals surface area contributed by atoms with Gasteiger partial charge in [0.05, 0.1) is 18.5 Å². The number of hydrogen-bond acceptors (Lipinski definition) is 3. The van der Waals surface area contributed by atoms with Gasteiger partial charge in [0.25, 0.3) is 0 Å². The van der Waals surface area contributed by atoms with Gasteiger partial charge in [-0.25, -0.2) is 4.79 Å². The van der Waals surface area contributed by atoms with Gasteiger partial charge in [-0.3, -0.25) is 4.79 Å². The largest absolute Gasteiger partial charge is 0.457 e. The van der Waals surface area contributed by atoms with E-state index in [9.17, 15) is 9.59 Å². The van der Waals surface area contributed by atoms with Gasteiger partial charge in [0.15, 0.2) is 0 Å². The van der Waals surface area contributed by atoms with Gasteiger partial charge in [0.2, 0.25) is 5.91 Å². The second kappa shape index (κ2) is 10.4. The monoisotopic (exact) mass is 463 g/mol. The van der Waals surface area contributed by atoms with Gasteiger partial charge in [-0.05, 0) is 60.4 Å². The number of carbonyl (C=O) groups is 2. The van der Waals surface area contributed by atoms with Crippen LogP contribution < -0.4 is 15.8 Å². The number of urea groups is 1. The molecule has 3 aromatic carbocycles. The van der Waals surface area contributed by atoms with Gasteiger partial charge in [-0.15, -0.1) is 0 Å². The van der Waals surface area contributed by atoms with Gasteiger partial charge in [0, 0.05) is 11.6 Å². The average Bonchev–Trinajstić information content (AvgIpc) is 3.30. The normalized spacial score (nSPS) is 16.3. The number of carbonyl (C=O) groups excluding carboxylic acids is 2. The molecule has 1 fully saturated rings. The smallest absolute Gasteiger partial charge is 0.312 e. The van der Waals surface area contributed by atoms with Crippen molar-refractivity contribution in [2.24, 2.45) is 5.73 Å². The summed E-state index contributed by atoms with van der Waals surface area (Å²) in [7, 11) is 0. The summed E-state index contributed by atoms with van der Waals surface area (Å²) in [6, 6.07) is 23.1. The molecular formula is C26H26ClN3O3. The molecule has 3 amide bonds. The maximum atomic E-state index is 13.3. The minimum absolute atomic E-state index is 0.00302. The average molecular weight is 464 g/mol. The summed E-state index contributed by atoms with van der Waals surface area (Å²) >= 11 is 6.02. The molecule has 3 N–H and O–H groups in total. The molecule has 0 spiro atoms. The predicted octanol–water partition coefficient (Wildman–Crippen LogP) is 5.60. The zero-order valence-electron chi connectivity index (χ0n) is 18.1. The number of rotatable bonds is 7. The number of nitrogens with two attached hydrogens (primary N) is 1. The van der Waals surface area contributed by atoms with E-state index in [1.165, 1.54) is 0 Å². The van der Waals surface area contributed by atoms with Crippen LogP contribution in [-0.4, -0.2) is 23.4 Å². The fraction of sp³-hybridized carbons (Fsp3) is 0.231. The van der Waals surface area contributed by atoms with E-state index in [1.807, 2.05) is 83.8 Å². The van der Waals surface area contributed by atoms with E-state index < -0.39 is 12.1 Å². The van der Waals surface area contributed by atoms with E-state index in [-0.39, 0.29) is 18.4 Å². The molecule has 2 atom stereocenters. The van der Waals surface area contributed by atoms with Crippen LogP contribution in [0.25, 0.3) is 0 Å². The molecular weight excluding hydrogens is 438 g/mol. The van der Waals surface area contributed by atoms with Crippen molar-refractivity contribution in [1.82, 2.24) is 10.2 Å². The number of hydrogen-bond donors (Lipinski definition) is 2. The molecule has 0 saturated carbocycles. The number of likely N-dealkylation sites (tertiary alicyclic amines) is 1. The molecule has 0 aliphatic carbocycles. The summed E-state index contributed by atoms with van der Waals surface area (Å²) in [6.45, 7) is 0.673. The number of nitrogens with one attached hydrogen (secondary N) is 1. The van der Waals surface area contributed by atoms with Crippen molar-refractivity contribution in [3.63, 3.8) is 0 Å². The number of primary amides is 1. The standard InChI is InChI=1S/C26H26ClN3O3/c27-20-13-11-18(12-14-20)24-10-5-15-30(24)25(31)17-23(29-26(28)32)19-6-4-9-22(16-19)33-21-7-2-1-3-8-21/h1-4,6-9,11-14,16,23-24H,5,10,15,17H2,(H3,28,29,32). The first kappa shape index (κ1) is 22.7. The number of benzene rings is 3. The summed E-state index contributed by atoms with van der Waals surface area (Å²) in [4.78, 5) is 26.9. The highest BCUT2D eigenvalue weighted by molar-refractivity contribution is 6.30. The lowest BCUT2D eigenvalue weighted by Crippen LogP contribution is -2.38. The Morgan fingerprint density at radius 3 is 2.48 bits per heavy atom. The molecule has 170 valence electrons. The lowest BCUT2D eigenvalue weighted by atomic mass is 10.0. The molecule has 4 rings (SSSR count).